The van der Waals surface area contributed by atoms with Gasteiger partial charge in [-0.3, -0.25) is 4.79 Å². The van der Waals surface area contributed by atoms with Crippen LogP contribution in [0.1, 0.15) is 30.9 Å². The maximum Gasteiger partial charge on any atom is 0.223 e. The second kappa shape index (κ2) is 5.73. The lowest BCUT2D eigenvalue weighted by Crippen LogP contribution is -2.30. The van der Waals surface area contributed by atoms with E-state index in [1.807, 2.05) is 6.26 Å². The first kappa shape index (κ1) is 12.0. The SMILES string of the molecule is CSCCC(=O)N1CCC[C@@H]1c1ccsc1. The van der Waals surface area contributed by atoms with Crippen LogP contribution in [0.2, 0.25) is 0 Å². The van der Waals surface area contributed by atoms with E-state index in [-0.39, 0.29) is 0 Å². The second-order valence-corrected chi connectivity index (χ2v) is 5.81. The van der Waals surface area contributed by atoms with Gasteiger partial charge in [-0.1, -0.05) is 0 Å². The molecule has 2 heterocycles. The molecule has 0 spiro atoms. The average Bonchev–Trinajstić information content (AvgIpc) is 2.94. The molecule has 1 saturated heterocycles. The van der Waals surface area contributed by atoms with Crippen molar-refractivity contribution < 1.29 is 4.79 Å². The van der Waals surface area contributed by atoms with Crippen LogP contribution in [0.5, 0.6) is 0 Å². The first-order valence-corrected chi connectivity index (χ1v) is 7.97. The molecule has 1 fully saturated rings. The van der Waals surface area contributed by atoms with Crippen LogP contribution >= 0.6 is 23.1 Å². The van der Waals surface area contributed by atoms with Crippen molar-refractivity contribution in [2.24, 2.45) is 0 Å². The van der Waals surface area contributed by atoms with Gasteiger partial charge < -0.3 is 4.90 Å². The van der Waals surface area contributed by atoms with Crippen LogP contribution in [-0.2, 0) is 4.79 Å². The Balaban J connectivity index is 2.01. The molecule has 0 N–H and O–H groups in total. The number of thiophene rings is 1. The van der Waals surface area contributed by atoms with E-state index in [0.29, 0.717) is 18.4 Å². The Morgan fingerprint density at radius 1 is 1.69 bits per heavy atom. The number of nitrogens with zero attached hydrogens (tertiary/aromatic N) is 1. The van der Waals surface area contributed by atoms with E-state index < -0.39 is 0 Å². The minimum absolute atomic E-state index is 0.322. The Labute approximate surface area is 105 Å². The monoisotopic (exact) mass is 255 g/mol. The van der Waals surface area contributed by atoms with E-state index in [4.69, 9.17) is 0 Å². The lowest BCUT2D eigenvalue weighted by Gasteiger charge is -2.24. The number of thioether (sulfide) groups is 1. The van der Waals surface area contributed by atoms with E-state index in [2.05, 4.69) is 21.7 Å². The summed E-state index contributed by atoms with van der Waals surface area (Å²) >= 11 is 3.46. The number of hydrogen-bond acceptors (Lipinski definition) is 3. The number of hydrogen-bond donors (Lipinski definition) is 0. The highest BCUT2D eigenvalue weighted by atomic mass is 32.2. The summed E-state index contributed by atoms with van der Waals surface area (Å²) in [4.78, 5) is 14.1. The molecule has 1 aromatic rings. The largest absolute Gasteiger partial charge is 0.336 e. The third-order valence-corrected chi connectivity index (χ3v) is 4.33. The Morgan fingerprint density at radius 3 is 3.25 bits per heavy atom. The smallest absolute Gasteiger partial charge is 0.223 e. The lowest BCUT2D eigenvalue weighted by molar-refractivity contribution is -0.131. The van der Waals surface area contributed by atoms with Crippen molar-refractivity contribution in [2.45, 2.75) is 25.3 Å². The molecule has 4 heteroatoms. The molecule has 0 radical (unpaired) electrons. The quantitative estimate of drug-likeness (QED) is 0.823. The minimum Gasteiger partial charge on any atom is -0.336 e. The highest BCUT2D eigenvalue weighted by molar-refractivity contribution is 7.98. The van der Waals surface area contributed by atoms with Crippen LogP contribution in [0.3, 0.4) is 0 Å². The maximum absolute atomic E-state index is 12.0. The fourth-order valence-corrected chi connectivity index (χ4v) is 3.30. The number of carbonyl (C=O) groups excluding carboxylic acids is 1. The number of amides is 1. The predicted molar refractivity (Wildman–Crippen MR) is 71.0 cm³/mol. The first-order valence-electron chi connectivity index (χ1n) is 5.63. The van der Waals surface area contributed by atoms with Crippen LogP contribution in [0.4, 0.5) is 0 Å². The molecule has 0 aromatic carbocycles. The summed E-state index contributed by atoms with van der Waals surface area (Å²) in [7, 11) is 0. The van der Waals surface area contributed by atoms with E-state index in [1.165, 1.54) is 5.56 Å². The summed E-state index contributed by atoms with van der Waals surface area (Å²) in [5.74, 6) is 1.26. The fraction of sp³-hybridized carbons (Fsp3) is 0.583. The van der Waals surface area contributed by atoms with Gasteiger partial charge in [0.25, 0.3) is 0 Å². The summed E-state index contributed by atoms with van der Waals surface area (Å²) in [6, 6.07) is 2.50. The zero-order valence-corrected chi connectivity index (χ0v) is 11.1. The van der Waals surface area contributed by atoms with Crippen LogP contribution in [0, 0.1) is 0 Å². The Hall–Kier alpha value is -0.480. The molecular formula is C12H17NOS2. The molecule has 0 bridgehead atoms. The Bertz CT molecular complexity index is 337. The average molecular weight is 255 g/mol. The van der Waals surface area contributed by atoms with Crippen molar-refractivity contribution >= 4 is 29.0 Å². The van der Waals surface area contributed by atoms with Crippen molar-refractivity contribution in [1.29, 1.82) is 0 Å². The predicted octanol–water partition coefficient (Wildman–Crippen LogP) is 3.16. The van der Waals surface area contributed by atoms with Crippen LogP contribution < -0.4 is 0 Å². The van der Waals surface area contributed by atoms with Gasteiger partial charge >= 0.3 is 0 Å². The summed E-state index contributed by atoms with van der Waals surface area (Å²) in [6.07, 6.45) is 5.00. The molecule has 1 aliphatic heterocycles. The van der Waals surface area contributed by atoms with Gasteiger partial charge in [-0.15, -0.1) is 0 Å². The second-order valence-electron chi connectivity index (χ2n) is 4.04. The number of rotatable bonds is 4. The van der Waals surface area contributed by atoms with Gasteiger partial charge in [-0.05, 0) is 41.5 Å². The molecule has 16 heavy (non-hydrogen) atoms. The normalized spacial score (nSPS) is 20.3. The molecule has 0 aliphatic carbocycles. The number of carbonyl (C=O) groups is 1. The minimum atomic E-state index is 0.322. The lowest BCUT2D eigenvalue weighted by atomic mass is 10.1. The van der Waals surface area contributed by atoms with E-state index >= 15 is 0 Å². The zero-order chi connectivity index (χ0) is 11.4. The molecule has 1 amide bonds. The van der Waals surface area contributed by atoms with Crippen molar-refractivity contribution in [3.8, 4) is 0 Å². The fourth-order valence-electron chi connectivity index (χ4n) is 2.21. The van der Waals surface area contributed by atoms with Gasteiger partial charge in [0.2, 0.25) is 5.91 Å². The van der Waals surface area contributed by atoms with Gasteiger partial charge in [0.05, 0.1) is 6.04 Å². The molecule has 2 rings (SSSR count). The molecule has 1 aromatic heterocycles. The first-order chi connectivity index (χ1) is 7.83. The molecule has 2 nitrogen and oxygen atoms in total. The van der Waals surface area contributed by atoms with Gasteiger partial charge in [-0.2, -0.15) is 23.1 Å². The standard InChI is InChI=1S/C12H17NOS2/c1-15-7-5-12(14)13-6-2-3-11(13)10-4-8-16-9-10/h4,8-9,11H,2-3,5-7H2,1H3/t11-/m1/s1. The summed E-state index contributed by atoms with van der Waals surface area (Å²) in [6.45, 7) is 0.938. The van der Waals surface area contributed by atoms with E-state index in [1.54, 1.807) is 23.1 Å². The maximum atomic E-state index is 12.0. The Kier molecular flexibility index (Phi) is 4.29. The van der Waals surface area contributed by atoms with Crippen molar-refractivity contribution in [2.75, 3.05) is 18.6 Å². The summed E-state index contributed by atoms with van der Waals surface area (Å²) < 4.78 is 0. The van der Waals surface area contributed by atoms with Crippen molar-refractivity contribution in [3.63, 3.8) is 0 Å². The highest BCUT2D eigenvalue weighted by Gasteiger charge is 2.29. The van der Waals surface area contributed by atoms with Crippen LogP contribution in [-0.4, -0.2) is 29.4 Å². The van der Waals surface area contributed by atoms with Gasteiger partial charge in [-0.25, -0.2) is 0 Å². The Morgan fingerprint density at radius 2 is 2.56 bits per heavy atom. The molecule has 88 valence electrons. The van der Waals surface area contributed by atoms with Gasteiger partial charge in [0.1, 0.15) is 0 Å². The zero-order valence-electron chi connectivity index (χ0n) is 9.52. The van der Waals surface area contributed by atoms with E-state index in [9.17, 15) is 4.79 Å². The molecule has 1 atom stereocenters. The molecular weight excluding hydrogens is 238 g/mol. The van der Waals surface area contributed by atoms with Crippen molar-refractivity contribution in [3.05, 3.63) is 22.4 Å². The summed E-state index contributed by atoms with van der Waals surface area (Å²) in [5, 5.41) is 4.27. The van der Waals surface area contributed by atoms with Crippen molar-refractivity contribution in [1.82, 2.24) is 4.90 Å². The third-order valence-electron chi connectivity index (χ3n) is 3.02. The third kappa shape index (κ3) is 2.61. The topological polar surface area (TPSA) is 20.3 Å². The molecule has 1 aliphatic rings. The molecule has 0 unspecified atom stereocenters. The highest BCUT2D eigenvalue weighted by Crippen LogP contribution is 2.33. The van der Waals surface area contributed by atoms with Gasteiger partial charge in [0, 0.05) is 18.7 Å². The van der Waals surface area contributed by atoms with E-state index in [0.717, 1.165) is 25.1 Å². The molecule has 0 saturated carbocycles. The number of likely N-dealkylation sites (tertiary alicyclic amines) is 1. The van der Waals surface area contributed by atoms with Crippen LogP contribution in [0.25, 0.3) is 0 Å². The van der Waals surface area contributed by atoms with Gasteiger partial charge in [0.15, 0.2) is 0 Å². The summed E-state index contributed by atoms with van der Waals surface area (Å²) in [5.41, 5.74) is 1.32. The van der Waals surface area contributed by atoms with Crippen LogP contribution in [0.15, 0.2) is 16.8 Å².